The van der Waals surface area contributed by atoms with E-state index in [4.69, 9.17) is 16.0 Å². The van der Waals surface area contributed by atoms with E-state index in [2.05, 4.69) is 67.6 Å². The summed E-state index contributed by atoms with van der Waals surface area (Å²) in [5.74, 6) is 1.37. The van der Waals surface area contributed by atoms with Crippen molar-refractivity contribution in [3.63, 3.8) is 0 Å². The molecule has 6 N–H and O–H groups in total. The summed E-state index contributed by atoms with van der Waals surface area (Å²) in [7, 11) is -1.82. The van der Waals surface area contributed by atoms with Crippen molar-refractivity contribution in [2.45, 2.75) is 24.9 Å². The third-order valence-corrected chi connectivity index (χ3v) is 7.55. The Bertz CT molecular complexity index is 1240. The zero-order chi connectivity index (χ0) is 19.5. The number of fused-ring (bicyclic) bond motifs is 7. The van der Waals surface area contributed by atoms with E-state index >= 15 is 0 Å². The lowest BCUT2D eigenvalue weighted by molar-refractivity contribution is 1.11. The molecule has 142 valence electrons. The lowest BCUT2D eigenvalue weighted by Crippen LogP contribution is -2.24. The first-order valence-corrected chi connectivity index (χ1v) is 11.8. The third-order valence-electron chi connectivity index (χ3n) is 5.90. The lowest BCUT2D eigenvalue weighted by atomic mass is 9.85. The average Bonchev–Trinajstić information content (AvgIpc) is 2.81. The highest BCUT2D eigenvalue weighted by molar-refractivity contribution is 8.28. The van der Waals surface area contributed by atoms with Crippen molar-refractivity contribution in [1.29, 1.82) is 0 Å². The number of hydrogen-bond acceptors (Lipinski definition) is 3. The van der Waals surface area contributed by atoms with E-state index in [1.807, 2.05) is 0 Å². The molecule has 1 heterocycles. The molecule has 1 aliphatic heterocycles. The van der Waals surface area contributed by atoms with E-state index in [1.54, 1.807) is 0 Å². The molecule has 5 rings (SSSR count). The number of nitrogens with two attached hydrogens (primary N) is 3. The fourth-order valence-electron chi connectivity index (χ4n) is 4.66. The highest BCUT2D eigenvalue weighted by atomic mass is 32.3. The topological polar surface area (TPSA) is 78.1 Å². The van der Waals surface area contributed by atoms with Crippen LogP contribution in [-0.2, 0) is 17.9 Å². The van der Waals surface area contributed by atoms with Crippen LogP contribution < -0.4 is 16.0 Å². The maximum atomic E-state index is 6.69. The zero-order valence-corrected chi connectivity index (χ0v) is 16.9. The van der Waals surface area contributed by atoms with Gasteiger partial charge >= 0.3 is 0 Å². The Morgan fingerprint density at radius 2 is 1.32 bits per heavy atom. The SMILES string of the molecule is CCc1cc2ccccc2c2c1CS(N)(N)Cc1c(N)cc3ccccc3c1-2. The minimum Gasteiger partial charge on any atom is -0.398 e. The van der Waals surface area contributed by atoms with Crippen LogP contribution in [0.4, 0.5) is 5.69 Å². The molecule has 0 unspecified atom stereocenters. The summed E-state index contributed by atoms with van der Waals surface area (Å²) in [6.45, 7) is 2.21. The van der Waals surface area contributed by atoms with Gasteiger partial charge in [0.25, 0.3) is 0 Å². The van der Waals surface area contributed by atoms with E-state index < -0.39 is 10.4 Å². The van der Waals surface area contributed by atoms with Gasteiger partial charge in [-0.1, -0.05) is 61.5 Å². The van der Waals surface area contributed by atoms with Crippen molar-refractivity contribution in [3.05, 3.63) is 77.4 Å². The first-order valence-electron chi connectivity index (χ1n) is 9.66. The van der Waals surface area contributed by atoms with Crippen molar-refractivity contribution in [2.24, 2.45) is 10.3 Å². The first-order chi connectivity index (χ1) is 13.5. The van der Waals surface area contributed by atoms with Crippen LogP contribution in [0.15, 0.2) is 60.7 Å². The Kier molecular flexibility index (Phi) is 3.91. The first kappa shape index (κ1) is 17.6. The number of rotatable bonds is 1. The van der Waals surface area contributed by atoms with Gasteiger partial charge in [0.2, 0.25) is 0 Å². The molecule has 28 heavy (non-hydrogen) atoms. The predicted octanol–water partition coefficient (Wildman–Crippen LogP) is 5.37. The molecule has 0 radical (unpaired) electrons. The van der Waals surface area contributed by atoms with Gasteiger partial charge in [-0.3, -0.25) is 10.3 Å². The van der Waals surface area contributed by atoms with Gasteiger partial charge in [0, 0.05) is 17.2 Å². The standard InChI is InChI=1S/C24H25N3S/c1-2-15-11-16-7-3-5-9-18(16)23-20(15)13-28(26,27)14-21-22(25)12-17-8-4-6-10-19(17)24(21)23/h3-12H,2,13-14,25-27H2,1H3. The number of benzene rings is 4. The van der Waals surface area contributed by atoms with Gasteiger partial charge in [0.15, 0.2) is 0 Å². The maximum Gasteiger partial charge on any atom is 0.0368 e. The molecule has 0 amide bonds. The number of aryl methyl sites for hydroxylation is 1. The Labute approximate surface area is 167 Å². The van der Waals surface area contributed by atoms with Gasteiger partial charge in [-0.25, -0.2) is 0 Å². The molecule has 1 aliphatic rings. The Balaban J connectivity index is 2.06. The summed E-state index contributed by atoms with van der Waals surface area (Å²) in [5, 5.41) is 18.3. The second-order valence-electron chi connectivity index (χ2n) is 7.80. The highest BCUT2D eigenvalue weighted by Gasteiger charge is 2.30. The lowest BCUT2D eigenvalue weighted by Gasteiger charge is -2.30. The molecule has 0 saturated heterocycles. The average molecular weight is 388 g/mol. The Morgan fingerprint density at radius 3 is 1.96 bits per heavy atom. The van der Waals surface area contributed by atoms with Crippen molar-refractivity contribution >= 4 is 37.6 Å². The smallest absolute Gasteiger partial charge is 0.0368 e. The summed E-state index contributed by atoms with van der Waals surface area (Å²) >= 11 is 0. The molecule has 4 aromatic carbocycles. The van der Waals surface area contributed by atoms with Gasteiger partial charge in [0.05, 0.1) is 0 Å². The molecule has 0 bridgehead atoms. The largest absolute Gasteiger partial charge is 0.398 e. The van der Waals surface area contributed by atoms with E-state index in [-0.39, 0.29) is 0 Å². The Hall–Kier alpha value is -2.53. The van der Waals surface area contributed by atoms with Crippen LogP contribution >= 0.6 is 10.4 Å². The summed E-state index contributed by atoms with van der Waals surface area (Å²) in [4.78, 5) is 0. The highest BCUT2D eigenvalue weighted by Crippen LogP contribution is 2.53. The minimum absolute atomic E-state index is 0.644. The van der Waals surface area contributed by atoms with Crippen LogP contribution in [0.2, 0.25) is 0 Å². The predicted molar refractivity (Wildman–Crippen MR) is 124 cm³/mol. The van der Waals surface area contributed by atoms with Crippen LogP contribution in [0.5, 0.6) is 0 Å². The van der Waals surface area contributed by atoms with Gasteiger partial charge in [0.1, 0.15) is 0 Å². The zero-order valence-electron chi connectivity index (χ0n) is 16.0. The normalized spacial score (nSPS) is 16.4. The fraction of sp³-hybridized carbons (Fsp3) is 0.167. The van der Waals surface area contributed by atoms with Gasteiger partial charge in [-0.05, 0) is 61.8 Å². The van der Waals surface area contributed by atoms with E-state index in [9.17, 15) is 0 Å². The molecule has 0 spiro atoms. The van der Waals surface area contributed by atoms with Crippen LogP contribution in [0.3, 0.4) is 0 Å². The van der Waals surface area contributed by atoms with Crippen LogP contribution in [-0.4, -0.2) is 0 Å². The number of hydrogen-bond donors (Lipinski definition) is 3. The maximum absolute atomic E-state index is 6.69. The molecular weight excluding hydrogens is 362 g/mol. The Morgan fingerprint density at radius 1 is 0.786 bits per heavy atom. The molecule has 3 nitrogen and oxygen atoms in total. The van der Waals surface area contributed by atoms with Crippen molar-refractivity contribution in [1.82, 2.24) is 0 Å². The van der Waals surface area contributed by atoms with Gasteiger partial charge in [-0.15, -0.1) is 10.4 Å². The second-order valence-corrected chi connectivity index (χ2v) is 10.4. The van der Waals surface area contributed by atoms with E-state index in [1.165, 1.54) is 38.4 Å². The minimum atomic E-state index is -1.82. The molecule has 0 saturated carbocycles. The van der Waals surface area contributed by atoms with E-state index in [0.29, 0.717) is 5.75 Å². The monoisotopic (exact) mass is 387 g/mol. The van der Waals surface area contributed by atoms with E-state index in [0.717, 1.165) is 28.8 Å². The van der Waals surface area contributed by atoms with Crippen LogP contribution in [0, 0.1) is 0 Å². The van der Waals surface area contributed by atoms with Gasteiger partial charge < -0.3 is 5.73 Å². The van der Waals surface area contributed by atoms with Gasteiger partial charge in [-0.2, -0.15) is 0 Å². The second kappa shape index (κ2) is 6.24. The molecule has 4 heteroatoms. The summed E-state index contributed by atoms with van der Waals surface area (Å²) in [5.41, 5.74) is 13.6. The summed E-state index contributed by atoms with van der Waals surface area (Å²) in [6.07, 6.45) is 0.957. The van der Waals surface area contributed by atoms with Crippen molar-refractivity contribution < 1.29 is 0 Å². The fourth-order valence-corrected chi connectivity index (χ4v) is 6.47. The molecule has 0 fully saturated rings. The third kappa shape index (κ3) is 2.60. The van der Waals surface area contributed by atoms with Crippen LogP contribution in [0.25, 0.3) is 32.7 Å². The summed E-state index contributed by atoms with van der Waals surface area (Å²) in [6, 6.07) is 21.5. The quantitative estimate of drug-likeness (QED) is 0.384. The van der Waals surface area contributed by atoms with Crippen molar-refractivity contribution in [2.75, 3.05) is 5.73 Å². The van der Waals surface area contributed by atoms with Crippen LogP contribution in [0.1, 0.15) is 23.6 Å². The van der Waals surface area contributed by atoms with Crippen molar-refractivity contribution in [3.8, 4) is 11.1 Å². The molecule has 0 aromatic heterocycles. The molecular formula is C24H25N3S. The molecule has 0 atom stereocenters. The number of anilines is 1. The number of nitrogen functional groups attached to an aromatic ring is 1. The molecule has 0 aliphatic carbocycles. The molecule has 4 aromatic rings. The summed E-state index contributed by atoms with van der Waals surface area (Å²) < 4.78 is 0.